The summed E-state index contributed by atoms with van der Waals surface area (Å²) in [6.07, 6.45) is 2.85. The van der Waals surface area contributed by atoms with Crippen LogP contribution in [0.25, 0.3) is 0 Å². The highest BCUT2D eigenvalue weighted by Crippen LogP contribution is 2.41. The molecule has 0 aromatic heterocycles. The Balaban J connectivity index is 1.90. The fraction of sp³-hybridized carbons (Fsp3) is 0.562. The third kappa shape index (κ3) is 2.43. The SMILES string of the molecule is COc1c(F)cccc1C(=O)C1CC2CCCC(C1)S2(=O)=O. The Labute approximate surface area is 129 Å². The smallest absolute Gasteiger partial charge is 0.169 e. The summed E-state index contributed by atoms with van der Waals surface area (Å²) in [6.45, 7) is 0. The van der Waals surface area contributed by atoms with Gasteiger partial charge < -0.3 is 4.74 Å². The summed E-state index contributed by atoms with van der Waals surface area (Å²) in [5, 5.41) is -0.845. The second-order valence-corrected chi connectivity index (χ2v) is 8.63. The quantitative estimate of drug-likeness (QED) is 0.801. The lowest BCUT2D eigenvalue weighted by Crippen LogP contribution is -2.45. The minimum Gasteiger partial charge on any atom is -0.493 e. The molecule has 2 bridgehead atoms. The maximum atomic E-state index is 13.8. The number of carbonyl (C=O) groups excluding carboxylic acids is 1. The average molecular weight is 326 g/mol. The Morgan fingerprint density at radius 1 is 1.23 bits per heavy atom. The number of hydrogen-bond donors (Lipinski definition) is 0. The molecule has 1 aromatic rings. The number of benzene rings is 1. The Hall–Kier alpha value is -1.43. The molecule has 4 nitrogen and oxygen atoms in total. The Morgan fingerprint density at radius 3 is 2.45 bits per heavy atom. The van der Waals surface area contributed by atoms with Gasteiger partial charge in [0.2, 0.25) is 0 Å². The molecule has 3 rings (SSSR count). The number of fused-ring (bicyclic) bond motifs is 2. The molecule has 120 valence electrons. The van der Waals surface area contributed by atoms with E-state index in [0.29, 0.717) is 25.7 Å². The summed E-state index contributed by atoms with van der Waals surface area (Å²) in [5.74, 6) is -1.19. The molecule has 1 aromatic carbocycles. The van der Waals surface area contributed by atoms with E-state index in [1.807, 2.05) is 0 Å². The van der Waals surface area contributed by atoms with Gasteiger partial charge in [0.05, 0.1) is 23.2 Å². The molecule has 0 radical (unpaired) electrons. The summed E-state index contributed by atoms with van der Waals surface area (Å²) >= 11 is 0. The number of methoxy groups -OCH3 is 1. The molecule has 0 amide bonds. The minimum atomic E-state index is -3.10. The van der Waals surface area contributed by atoms with E-state index in [9.17, 15) is 17.6 Å². The van der Waals surface area contributed by atoms with Gasteiger partial charge in [0, 0.05) is 5.92 Å². The van der Waals surface area contributed by atoms with Crippen molar-refractivity contribution in [2.45, 2.75) is 42.6 Å². The summed E-state index contributed by atoms with van der Waals surface area (Å²) in [4.78, 5) is 12.7. The fourth-order valence-electron chi connectivity index (χ4n) is 3.75. The number of ketones is 1. The lowest BCUT2D eigenvalue weighted by atomic mass is 9.84. The standard InChI is InChI=1S/C16H19FO4S/c1-21-16-13(6-3-7-14(16)17)15(18)10-8-11-4-2-5-12(9-10)22(11,19)20/h3,6-7,10-12H,2,4-5,8-9H2,1H3. The van der Waals surface area contributed by atoms with Gasteiger partial charge in [0.1, 0.15) is 0 Å². The van der Waals surface area contributed by atoms with Gasteiger partial charge in [-0.15, -0.1) is 0 Å². The zero-order valence-corrected chi connectivity index (χ0v) is 13.2. The maximum Gasteiger partial charge on any atom is 0.169 e. The number of halogens is 1. The molecule has 0 aliphatic carbocycles. The van der Waals surface area contributed by atoms with E-state index in [1.54, 1.807) is 6.07 Å². The van der Waals surface area contributed by atoms with Gasteiger partial charge in [-0.2, -0.15) is 0 Å². The lowest BCUT2D eigenvalue weighted by molar-refractivity contribution is 0.0890. The van der Waals surface area contributed by atoms with Gasteiger partial charge in [0.25, 0.3) is 0 Å². The van der Waals surface area contributed by atoms with Gasteiger partial charge >= 0.3 is 0 Å². The second-order valence-electron chi connectivity index (χ2n) is 6.12. The molecule has 2 unspecified atom stereocenters. The zero-order valence-electron chi connectivity index (χ0n) is 12.4. The van der Waals surface area contributed by atoms with Gasteiger partial charge in [-0.3, -0.25) is 4.79 Å². The molecule has 2 atom stereocenters. The van der Waals surface area contributed by atoms with Crippen molar-refractivity contribution < 1.29 is 22.3 Å². The van der Waals surface area contributed by atoms with Crippen LogP contribution in [0.3, 0.4) is 0 Å². The largest absolute Gasteiger partial charge is 0.493 e. The fourth-order valence-corrected chi connectivity index (χ4v) is 6.29. The van der Waals surface area contributed by atoms with Crippen LogP contribution in [0.4, 0.5) is 4.39 Å². The van der Waals surface area contributed by atoms with E-state index in [4.69, 9.17) is 4.74 Å². The summed E-state index contributed by atoms with van der Waals surface area (Å²) in [6, 6.07) is 4.27. The highest BCUT2D eigenvalue weighted by molar-refractivity contribution is 7.92. The average Bonchev–Trinajstić information content (AvgIpc) is 2.45. The summed E-state index contributed by atoms with van der Waals surface area (Å²) in [7, 11) is -1.77. The number of carbonyl (C=O) groups is 1. The first-order chi connectivity index (χ1) is 10.4. The van der Waals surface area contributed by atoms with Crippen LogP contribution in [0.2, 0.25) is 0 Å². The molecule has 22 heavy (non-hydrogen) atoms. The first kappa shape index (κ1) is 15.5. The van der Waals surface area contributed by atoms with E-state index >= 15 is 0 Å². The normalized spacial score (nSPS) is 29.8. The van der Waals surface area contributed by atoms with E-state index in [0.717, 1.165) is 6.42 Å². The van der Waals surface area contributed by atoms with E-state index in [-0.39, 0.29) is 23.0 Å². The van der Waals surface area contributed by atoms with Gasteiger partial charge in [-0.05, 0) is 37.8 Å². The van der Waals surface area contributed by atoms with Gasteiger partial charge in [-0.25, -0.2) is 12.8 Å². The predicted molar refractivity (Wildman–Crippen MR) is 80.4 cm³/mol. The highest BCUT2D eigenvalue weighted by Gasteiger charge is 2.46. The van der Waals surface area contributed by atoms with Crippen LogP contribution in [-0.2, 0) is 9.84 Å². The minimum absolute atomic E-state index is 0.0499. The molecule has 0 saturated carbocycles. The van der Waals surface area contributed by atoms with E-state index in [2.05, 4.69) is 0 Å². The van der Waals surface area contributed by atoms with Crippen LogP contribution < -0.4 is 4.74 Å². The number of ether oxygens (including phenoxy) is 1. The van der Waals surface area contributed by atoms with Crippen molar-refractivity contribution in [3.63, 3.8) is 0 Å². The highest BCUT2D eigenvalue weighted by atomic mass is 32.2. The number of Topliss-reactive ketones (excluding diaryl/α,β-unsaturated/α-hetero) is 1. The van der Waals surface area contributed by atoms with Crippen molar-refractivity contribution in [2.75, 3.05) is 7.11 Å². The van der Waals surface area contributed by atoms with E-state index in [1.165, 1.54) is 19.2 Å². The first-order valence-electron chi connectivity index (χ1n) is 7.54. The van der Waals surface area contributed by atoms with Crippen molar-refractivity contribution in [1.82, 2.24) is 0 Å². The van der Waals surface area contributed by atoms with Crippen molar-refractivity contribution in [2.24, 2.45) is 5.92 Å². The molecular weight excluding hydrogens is 307 g/mol. The lowest BCUT2D eigenvalue weighted by Gasteiger charge is -2.38. The first-order valence-corrected chi connectivity index (χ1v) is 9.15. The Morgan fingerprint density at radius 2 is 1.86 bits per heavy atom. The molecule has 0 N–H and O–H groups in total. The zero-order chi connectivity index (χ0) is 15.9. The number of hydrogen-bond acceptors (Lipinski definition) is 4. The number of sulfone groups is 1. The molecular formula is C16H19FO4S. The molecule has 6 heteroatoms. The van der Waals surface area contributed by atoms with Crippen LogP contribution in [0.5, 0.6) is 5.75 Å². The summed E-state index contributed by atoms with van der Waals surface area (Å²) in [5.41, 5.74) is 0.213. The predicted octanol–water partition coefficient (Wildman–Crippen LogP) is 2.76. The van der Waals surface area contributed by atoms with E-state index < -0.39 is 26.2 Å². The van der Waals surface area contributed by atoms with Crippen LogP contribution in [0.1, 0.15) is 42.5 Å². The van der Waals surface area contributed by atoms with Crippen molar-refractivity contribution in [3.05, 3.63) is 29.6 Å². The Bertz CT molecular complexity index is 678. The topological polar surface area (TPSA) is 60.4 Å². The van der Waals surface area contributed by atoms with Crippen LogP contribution in [0.15, 0.2) is 18.2 Å². The molecule has 0 spiro atoms. The number of para-hydroxylation sites is 1. The molecule has 2 saturated heterocycles. The van der Waals surface area contributed by atoms with Gasteiger partial charge in [-0.1, -0.05) is 12.5 Å². The van der Waals surface area contributed by atoms with Crippen LogP contribution in [-0.4, -0.2) is 31.8 Å². The number of rotatable bonds is 3. The van der Waals surface area contributed by atoms with Crippen molar-refractivity contribution >= 4 is 15.6 Å². The monoisotopic (exact) mass is 326 g/mol. The van der Waals surface area contributed by atoms with Crippen molar-refractivity contribution in [1.29, 1.82) is 0 Å². The Kier molecular flexibility index (Phi) is 3.97. The van der Waals surface area contributed by atoms with Crippen LogP contribution in [0, 0.1) is 11.7 Å². The third-order valence-electron chi connectivity index (χ3n) is 4.88. The van der Waals surface area contributed by atoms with Gasteiger partial charge in [0.15, 0.2) is 27.2 Å². The van der Waals surface area contributed by atoms with Crippen LogP contribution >= 0.6 is 0 Å². The molecule has 2 aliphatic heterocycles. The molecule has 2 aliphatic rings. The molecule has 2 fully saturated rings. The third-order valence-corrected chi connectivity index (χ3v) is 7.60. The summed E-state index contributed by atoms with van der Waals surface area (Å²) < 4.78 is 43.3. The van der Waals surface area contributed by atoms with Crippen molar-refractivity contribution in [3.8, 4) is 5.75 Å². The second kappa shape index (κ2) is 5.65. The maximum absolute atomic E-state index is 13.8. The molecule has 2 heterocycles.